The molecule has 12 heteroatoms. The first-order valence-corrected chi connectivity index (χ1v) is 11.3. The van der Waals surface area contributed by atoms with Crippen LogP contribution in [0.4, 0.5) is 18.9 Å². The van der Waals surface area contributed by atoms with E-state index in [0.717, 1.165) is 24.3 Å². The number of anilines is 1. The number of aryl methyl sites for hydroxylation is 1. The summed E-state index contributed by atoms with van der Waals surface area (Å²) in [7, 11) is 1.55. The minimum Gasteiger partial charge on any atom is -0.477 e. The van der Waals surface area contributed by atoms with Gasteiger partial charge in [-0.2, -0.15) is 18.3 Å². The van der Waals surface area contributed by atoms with Crippen molar-refractivity contribution in [2.24, 2.45) is 7.05 Å². The number of nitrogens with one attached hydrogen (secondary N) is 1. The predicted octanol–water partition coefficient (Wildman–Crippen LogP) is 3.20. The summed E-state index contributed by atoms with van der Waals surface area (Å²) in [6.07, 6.45) is -2.06. The highest BCUT2D eigenvalue weighted by Gasteiger charge is 2.36. The van der Waals surface area contributed by atoms with Crippen molar-refractivity contribution < 1.29 is 22.6 Å². The van der Waals surface area contributed by atoms with Crippen LogP contribution in [0, 0.1) is 0 Å². The van der Waals surface area contributed by atoms with E-state index in [0.29, 0.717) is 24.4 Å². The van der Waals surface area contributed by atoms with Gasteiger partial charge in [-0.15, -0.1) is 0 Å². The average molecular weight is 500 g/mol. The lowest BCUT2D eigenvalue weighted by molar-refractivity contribution is -0.141. The topological polar surface area (TPSA) is 98.2 Å². The zero-order valence-corrected chi connectivity index (χ0v) is 19.4. The third kappa shape index (κ3) is 4.76. The molecule has 1 saturated heterocycles. The maximum Gasteiger partial charge on any atom is 0.435 e. The minimum absolute atomic E-state index is 0.0190. The Balaban J connectivity index is 1.45. The van der Waals surface area contributed by atoms with Crippen LogP contribution in [0.1, 0.15) is 11.3 Å². The van der Waals surface area contributed by atoms with Gasteiger partial charge >= 0.3 is 6.18 Å². The number of halogens is 3. The number of fused-ring (bicyclic) bond motifs is 1. The summed E-state index contributed by atoms with van der Waals surface area (Å²) >= 11 is 0. The summed E-state index contributed by atoms with van der Waals surface area (Å²) in [5.41, 5.74) is 1.38. The molecular formula is C24H23F3N6O3. The van der Waals surface area contributed by atoms with Crippen molar-refractivity contribution in [3.63, 3.8) is 0 Å². The Labute approximate surface area is 203 Å². The number of rotatable bonds is 6. The molecule has 1 aliphatic heterocycles. The maximum absolute atomic E-state index is 13.1. The molecule has 0 amide bonds. The van der Waals surface area contributed by atoms with E-state index >= 15 is 0 Å². The molecule has 36 heavy (non-hydrogen) atoms. The molecule has 0 aliphatic carbocycles. The van der Waals surface area contributed by atoms with Crippen molar-refractivity contribution in [2.75, 3.05) is 37.8 Å². The van der Waals surface area contributed by atoms with Crippen molar-refractivity contribution in [1.29, 1.82) is 0 Å². The Bertz CT molecular complexity index is 1430. The minimum atomic E-state index is -4.58. The van der Waals surface area contributed by atoms with E-state index < -0.39 is 11.9 Å². The molecule has 0 atom stereocenters. The van der Waals surface area contributed by atoms with Crippen LogP contribution in [0.2, 0.25) is 0 Å². The number of alkyl halides is 3. The van der Waals surface area contributed by atoms with Crippen LogP contribution in [0.3, 0.4) is 0 Å². The second-order valence-electron chi connectivity index (χ2n) is 8.37. The van der Waals surface area contributed by atoms with Crippen LogP contribution < -0.4 is 15.2 Å². The summed E-state index contributed by atoms with van der Waals surface area (Å²) in [5.74, 6) is 0.0190. The molecule has 4 heterocycles. The number of pyridine rings is 1. The fourth-order valence-electron chi connectivity index (χ4n) is 4.11. The molecule has 9 nitrogen and oxygen atoms in total. The first kappa shape index (κ1) is 23.8. The van der Waals surface area contributed by atoms with Gasteiger partial charge in [0, 0.05) is 49.6 Å². The van der Waals surface area contributed by atoms with Crippen LogP contribution in [-0.2, 0) is 24.4 Å². The van der Waals surface area contributed by atoms with Crippen molar-refractivity contribution >= 4 is 16.6 Å². The quantitative estimate of drug-likeness (QED) is 0.434. The predicted molar refractivity (Wildman–Crippen MR) is 126 cm³/mol. The molecule has 0 bridgehead atoms. The van der Waals surface area contributed by atoms with E-state index in [1.807, 2.05) is 24.3 Å². The Morgan fingerprint density at radius 1 is 1.17 bits per heavy atom. The molecule has 1 aromatic carbocycles. The maximum atomic E-state index is 13.1. The van der Waals surface area contributed by atoms with E-state index in [9.17, 15) is 18.0 Å². The average Bonchev–Trinajstić information content (AvgIpc) is 3.36. The van der Waals surface area contributed by atoms with Gasteiger partial charge in [-0.3, -0.25) is 9.89 Å². The smallest absolute Gasteiger partial charge is 0.435 e. The van der Waals surface area contributed by atoms with Crippen LogP contribution in [0.5, 0.6) is 5.88 Å². The third-order valence-corrected chi connectivity index (χ3v) is 6.01. The van der Waals surface area contributed by atoms with E-state index in [1.54, 1.807) is 13.1 Å². The first-order valence-electron chi connectivity index (χ1n) is 11.3. The second kappa shape index (κ2) is 9.61. The molecule has 0 spiro atoms. The van der Waals surface area contributed by atoms with Gasteiger partial charge in [0.2, 0.25) is 5.88 Å². The molecule has 5 rings (SSSR count). The molecule has 188 valence electrons. The highest BCUT2D eigenvalue weighted by molar-refractivity contribution is 5.86. The molecule has 1 N–H and O–H groups in total. The van der Waals surface area contributed by atoms with E-state index in [1.165, 1.54) is 17.1 Å². The number of H-pyrrole nitrogens is 1. The van der Waals surface area contributed by atoms with Crippen LogP contribution in [0.15, 0.2) is 47.7 Å². The van der Waals surface area contributed by atoms with Crippen molar-refractivity contribution in [3.05, 3.63) is 64.5 Å². The first-order chi connectivity index (χ1) is 17.3. The Morgan fingerprint density at radius 2 is 1.92 bits per heavy atom. The lowest BCUT2D eigenvalue weighted by atomic mass is 10.1. The van der Waals surface area contributed by atoms with Crippen LogP contribution in [-0.4, -0.2) is 57.6 Å². The van der Waals surface area contributed by atoms with Gasteiger partial charge in [0.15, 0.2) is 5.69 Å². The lowest BCUT2D eigenvalue weighted by Crippen LogP contribution is -2.36. The fourth-order valence-corrected chi connectivity index (χ4v) is 4.11. The van der Waals surface area contributed by atoms with E-state index in [4.69, 9.17) is 9.47 Å². The van der Waals surface area contributed by atoms with Gasteiger partial charge in [0.05, 0.1) is 37.4 Å². The van der Waals surface area contributed by atoms with Gasteiger partial charge in [0.25, 0.3) is 5.56 Å². The monoisotopic (exact) mass is 500 g/mol. The largest absolute Gasteiger partial charge is 0.477 e. The van der Waals surface area contributed by atoms with Gasteiger partial charge in [-0.05, 0) is 18.2 Å². The Hall–Kier alpha value is -3.93. The van der Waals surface area contributed by atoms with Gasteiger partial charge in [-0.25, -0.2) is 9.97 Å². The van der Waals surface area contributed by atoms with E-state index in [2.05, 4.69) is 25.1 Å². The normalized spacial score (nSPS) is 14.4. The van der Waals surface area contributed by atoms with Gasteiger partial charge in [0.1, 0.15) is 5.39 Å². The highest BCUT2D eigenvalue weighted by atomic mass is 19.4. The second-order valence-corrected chi connectivity index (χ2v) is 8.37. The number of aromatic amines is 1. The van der Waals surface area contributed by atoms with Crippen LogP contribution >= 0.6 is 0 Å². The van der Waals surface area contributed by atoms with Crippen LogP contribution in [0.25, 0.3) is 22.2 Å². The van der Waals surface area contributed by atoms with Gasteiger partial charge in [-0.1, -0.05) is 12.1 Å². The number of nitrogens with zero attached hydrogens (tertiary/aromatic N) is 5. The Morgan fingerprint density at radius 3 is 2.64 bits per heavy atom. The summed E-state index contributed by atoms with van der Waals surface area (Å²) in [4.78, 5) is 23.9. The summed E-state index contributed by atoms with van der Waals surface area (Å²) < 4.78 is 51.9. The third-order valence-electron chi connectivity index (χ3n) is 6.01. The standard InChI is InChI=1S/C24H23F3N6O3/c1-32-14-28-19-12-18(15-2-4-17(5-3-15)33-7-10-35-11-8-33)30-22(20(19)23(32)34)36-9-6-16-13-29-31-21(16)24(25,26)27/h2-5,12-14H,6-11H2,1H3,(H,29,31). The molecule has 4 aromatic rings. The summed E-state index contributed by atoms with van der Waals surface area (Å²) in [6, 6.07) is 9.52. The number of aromatic nitrogens is 5. The fraction of sp³-hybridized carbons (Fsp3) is 0.333. The molecule has 0 radical (unpaired) electrons. The molecule has 0 saturated carbocycles. The number of ether oxygens (including phenoxy) is 2. The van der Waals surface area contributed by atoms with Crippen molar-refractivity contribution in [1.82, 2.24) is 24.7 Å². The zero-order valence-electron chi connectivity index (χ0n) is 19.4. The number of hydrogen-bond donors (Lipinski definition) is 1. The SMILES string of the molecule is Cn1cnc2cc(-c3ccc(N4CCOCC4)cc3)nc(OCCc3c[nH]nc3C(F)(F)F)c2c1=O. The van der Waals surface area contributed by atoms with E-state index in [-0.39, 0.29) is 35.4 Å². The number of benzene rings is 1. The molecule has 3 aromatic heterocycles. The molecular weight excluding hydrogens is 477 g/mol. The Kier molecular flexibility index (Phi) is 6.35. The summed E-state index contributed by atoms with van der Waals surface area (Å²) in [5, 5.41) is 5.70. The summed E-state index contributed by atoms with van der Waals surface area (Å²) in [6.45, 7) is 2.84. The van der Waals surface area contributed by atoms with Crippen molar-refractivity contribution in [2.45, 2.75) is 12.6 Å². The van der Waals surface area contributed by atoms with Crippen molar-refractivity contribution in [3.8, 4) is 17.1 Å². The molecule has 1 fully saturated rings. The molecule has 1 aliphatic rings. The van der Waals surface area contributed by atoms with Gasteiger partial charge < -0.3 is 18.9 Å². The molecule has 0 unspecified atom stereocenters. The number of hydrogen-bond acceptors (Lipinski definition) is 7. The lowest BCUT2D eigenvalue weighted by Gasteiger charge is -2.28. The highest BCUT2D eigenvalue weighted by Crippen LogP contribution is 2.31. The number of morpholine rings is 1. The zero-order chi connectivity index (χ0) is 25.3.